The maximum absolute atomic E-state index is 8.67. The van der Waals surface area contributed by atoms with E-state index in [4.69, 9.17) is 14.9 Å². The molecule has 11 heavy (non-hydrogen) atoms. The number of rotatable bonds is 0. The van der Waals surface area contributed by atoms with Gasteiger partial charge in [0.15, 0.2) is 0 Å². The molecule has 0 aliphatic carbocycles. The predicted octanol–water partition coefficient (Wildman–Crippen LogP) is -0.441. The molecule has 0 bridgehead atoms. The lowest BCUT2D eigenvalue weighted by Gasteiger charge is -2.17. The lowest BCUT2D eigenvalue weighted by Crippen LogP contribution is -2.40. The van der Waals surface area contributed by atoms with Crippen molar-refractivity contribution in [3.8, 4) is 0 Å². The Morgan fingerprint density at radius 1 is 1.36 bits per heavy atom. The van der Waals surface area contributed by atoms with Crippen molar-refractivity contribution in [3.05, 3.63) is 0 Å². The molecule has 1 unspecified atom stereocenters. The SMILES string of the molecule is CC.CO.OC1COCCN1. The topological polar surface area (TPSA) is 61.7 Å². The lowest BCUT2D eigenvalue weighted by molar-refractivity contribution is -0.0161. The Morgan fingerprint density at radius 3 is 2.09 bits per heavy atom. The van der Waals surface area contributed by atoms with Crippen molar-refractivity contribution in [1.82, 2.24) is 5.32 Å². The minimum Gasteiger partial charge on any atom is -0.400 e. The first kappa shape index (κ1) is 13.4. The molecule has 1 heterocycles. The molecule has 1 aliphatic rings. The zero-order chi connectivity index (χ0) is 9.11. The van der Waals surface area contributed by atoms with Crippen LogP contribution in [0.3, 0.4) is 0 Å². The first-order valence-corrected chi connectivity index (χ1v) is 3.83. The molecule has 3 N–H and O–H groups in total. The monoisotopic (exact) mass is 165 g/mol. The zero-order valence-electron chi connectivity index (χ0n) is 7.50. The van der Waals surface area contributed by atoms with Crippen molar-refractivity contribution >= 4 is 0 Å². The van der Waals surface area contributed by atoms with E-state index in [1.54, 1.807) is 0 Å². The van der Waals surface area contributed by atoms with E-state index in [2.05, 4.69) is 5.32 Å². The van der Waals surface area contributed by atoms with E-state index in [0.29, 0.717) is 6.61 Å². The Kier molecular flexibility index (Phi) is 15.3. The average Bonchev–Trinajstić information content (AvgIpc) is 2.13. The lowest BCUT2D eigenvalue weighted by atomic mass is 10.5. The molecule has 4 heteroatoms. The number of hydrogen-bond donors (Lipinski definition) is 3. The molecular formula is C7H19NO3. The van der Waals surface area contributed by atoms with Crippen LogP contribution in [0.2, 0.25) is 0 Å². The van der Waals surface area contributed by atoms with Gasteiger partial charge in [-0.05, 0) is 0 Å². The van der Waals surface area contributed by atoms with Crippen LogP contribution in [0.4, 0.5) is 0 Å². The van der Waals surface area contributed by atoms with Gasteiger partial charge < -0.3 is 14.9 Å². The van der Waals surface area contributed by atoms with Gasteiger partial charge in [0.25, 0.3) is 0 Å². The van der Waals surface area contributed by atoms with Crippen LogP contribution >= 0.6 is 0 Å². The number of aliphatic hydroxyl groups is 2. The normalized spacial score (nSPS) is 22.1. The van der Waals surface area contributed by atoms with Crippen LogP contribution in [0.15, 0.2) is 0 Å². The van der Waals surface area contributed by atoms with E-state index >= 15 is 0 Å². The van der Waals surface area contributed by atoms with Gasteiger partial charge in [-0.15, -0.1) is 0 Å². The molecule has 0 aromatic rings. The summed E-state index contributed by atoms with van der Waals surface area (Å²) in [5.74, 6) is 0. The summed E-state index contributed by atoms with van der Waals surface area (Å²) in [6.07, 6.45) is -0.436. The number of morpholine rings is 1. The third-order valence-electron chi connectivity index (χ3n) is 0.902. The Hall–Kier alpha value is -0.160. The highest BCUT2D eigenvalue weighted by atomic mass is 16.5. The van der Waals surface area contributed by atoms with Crippen molar-refractivity contribution in [3.63, 3.8) is 0 Å². The second kappa shape index (κ2) is 12.5. The van der Waals surface area contributed by atoms with Crippen LogP contribution in [0.5, 0.6) is 0 Å². The van der Waals surface area contributed by atoms with Gasteiger partial charge in [-0.3, -0.25) is 5.32 Å². The molecule has 1 rings (SSSR count). The van der Waals surface area contributed by atoms with E-state index in [0.717, 1.165) is 20.3 Å². The molecule has 70 valence electrons. The Bertz CT molecular complexity index is 55.6. The average molecular weight is 165 g/mol. The number of hydrogen-bond acceptors (Lipinski definition) is 4. The summed E-state index contributed by atoms with van der Waals surface area (Å²) in [5, 5.41) is 18.5. The van der Waals surface area contributed by atoms with Crippen LogP contribution in [-0.2, 0) is 4.74 Å². The Balaban J connectivity index is 0. The molecule has 1 saturated heterocycles. The van der Waals surface area contributed by atoms with Crippen LogP contribution in [-0.4, -0.2) is 43.3 Å². The fourth-order valence-corrected chi connectivity index (χ4v) is 0.552. The van der Waals surface area contributed by atoms with E-state index in [9.17, 15) is 0 Å². The molecule has 1 fully saturated rings. The van der Waals surface area contributed by atoms with Gasteiger partial charge in [-0.25, -0.2) is 0 Å². The molecule has 0 radical (unpaired) electrons. The Morgan fingerprint density at radius 2 is 1.91 bits per heavy atom. The molecular weight excluding hydrogens is 146 g/mol. The highest BCUT2D eigenvalue weighted by Gasteiger charge is 2.06. The van der Waals surface area contributed by atoms with Crippen LogP contribution < -0.4 is 5.32 Å². The second-order valence-electron chi connectivity index (χ2n) is 1.54. The van der Waals surface area contributed by atoms with Crippen LogP contribution in [0.25, 0.3) is 0 Å². The Labute approximate surface area is 68.2 Å². The van der Waals surface area contributed by atoms with E-state index in [1.807, 2.05) is 13.8 Å². The van der Waals surface area contributed by atoms with Gasteiger partial charge in [0.05, 0.1) is 13.2 Å². The molecule has 1 aliphatic heterocycles. The van der Waals surface area contributed by atoms with Gasteiger partial charge in [0.1, 0.15) is 6.23 Å². The summed E-state index contributed by atoms with van der Waals surface area (Å²) in [4.78, 5) is 0. The summed E-state index contributed by atoms with van der Waals surface area (Å²) >= 11 is 0. The zero-order valence-corrected chi connectivity index (χ0v) is 7.50. The van der Waals surface area contributed by atoms with Crippen molar-refractivity contribution < 1.29 is 14.9 Å². The minimum absolute atomic E-state index is 0.431. The third kappa shape index (κ3) is 9.84. The number of ether oxygens (including phenoxy) is 1. The highest BCUT2D eigenvalue weighted by Crippen LogP contribution is 1.85. The molecule has 0 spiro atoms. The highest BCUT2D eigenvalue weighted by molar-refractivity contribution is 4.55. The smallest absolute Gasteiger partial charge is 0.128 e. The minimum atomic E-state index is -0.436. The number of nitrogens with one attached hydrogen (secondary N) is 1. The maximum Gasteiger partial charge on any atom is 0.128 e. The van der Waals surface area contributed by atoms with E-state index < -0.39 is 6.23 Å². The van der Waals surface area contributed by atoms with Gasteiger partial charge in [0, 0.05) is 13.7 Å². The molecule has 0 amide bonds. The maximum atomic E-state index is 8.67. The summed E-state index contributed by atoms with van der Waals surface area (Å²) < 4.78 is 4.87. The van der Waals surface area contributed by atoms with Gasteiger partial charge >= 0.3 is 0 Å². The molecule has 4 nitrogen and oxygen atoms in total. The summed E-state index contributed by atoms with van der Waals surface area (Å²) in [5.41, 5.74) is 0. The fourth-order valence-electron chi connectivity index (χ4n) is 0.552. The van der Waals surface area contributed by atoms with Crippen molar-refractivity contribution in [2.24, 2.45) is 0 Å². The number of aliphatic hydroxyl groups excluding tert-OH is 2. The first-order valence-electron chi connectivity index (χ1n) is 3.83. The first-order chi connectivity index (χ1) is 5.39. The molecule has 0 aromatic heterocycles. The largest absolute Gasteiger partial charge is 0.400 e. The predicted molar refractivity (Wildman–Crippen MR) is 44.3 cm³/mol. The molecule has 0 aromatic carbocycles. The van der Waals surface area contributed by atoms with Gasteiger partial charge in [-0.2, -0.15) is 0 Å². The van der Waals surface area contributed by atoms with Crippen LogP contribution in [0, 0.1) is 0 Å². The molecule has 0 saturated carbocycles. The van der Waals surface area contributed by atoms with Crippen molar-refractivity contribution in [1.29, 1.82) is 0 Å². The van der Waals surface area contributed by atoms with E-state index in [1.165, 1.54) is 0 Å². The quantitative estimate of drug-likeness (QED) is 0.455. The second-order valence-corrected chi connectivity index (χ2v) is 1.54. The molecule has 1 atom stereocenters. The van der Waals surface area contributed by atoms with Crippen LogP contribution in [0.1, 0.15) is 13.8 Å². The van der Waals surface area contributed by atoms with Gasteiger partial charge in [0.2, 0.25) is 0 Å². The summed E-state index contributed by atoms with van der Waals surface area (Å²) in [7, 11) is 1.00. The van der Waals surface area contributed by atoms with Gasteiger partial charge in [-0.1, -0.05) is 13.8 Å². The third-order valence-corrected chi connectivity index (χ3v) is 0.902. The summed E-state index contributed by atoms with van der Waals surface area (Å²) in [6.45, 7) is 5.91. The van der Waals surface area contributed by atoms with Crippen molar-refractivity contribution in [2.45, 2.75) is 20.1 Å². The summed E-state index contributed by atoms with van der Waals surface area (Å²) in [6, 6.07) is 0. The standard InChI is InChI=1S/C4H9NO2.C2H6.CH4O/c6-4-3-7-2-1-5-4;2*1-2/h4-6H,1-3H2;1-2H3;2H,1H3. The van der Waals surface area contributed by atoms with Crippen molar-refractivity contribution in [2.75, 3.05) is 26.9 Å². The van der Waals surface area contributed by atoms with E-state index in [-0.39, 0.29) is 0 Å². The fraction of sp³-hybridized carbons (Fsp3) is 1.00.